The van der Waals surface area contributed by atoms with Crippen molar-refractivity contribution in [3.63, 3.8) is 0 Å². The number of ketones is 1. The zero-order valence-corrected chi connectivity index (χ0v) is 14.6. The summed E-state index contributed by atoms with van der Waals surface area (Å²) >= 11 is 0. The molecule has 4 rings (SSSR count). The number of hydrogen-bond acceptors (Lipinski definition) is 1. The number of H-pyrrole nitrogens is 1. The monoisotopic (exact) mass is 337 g/mol. The number of Topliss-reactive ketones (excluding diaryl/α,β-unsaturated/α-hetero) is 1. The minimum absolute atomic E-state index is 0.0615. The molecule has 0 radical (unpaired) electrons. The molecule has 126 valence electrons. The van der Waals surface area contributed by atoms with Crippen molar-refractivity contribution in [3.05, 3.63) is 95.6 Å². The van der Waals surface area contributed by atoms with Gasteiger partial charge >= 0.3 is 0 Å². The number of carbonyl (C=O) groups is 1. The van der Waals surface area contributed by atoms with Crippen molar-refractivity contribution < 1.29 is 4.79 Å². The predicted octanol–water partition coefficient (Wildman–Crippen LogP) is 6.21. The normalized spacial score (nSPS) is 11.3. The average Bonchev–Trinajstić information content (AvgIpc) is 3.11. The van der Waals surface area contributed by atoms with E-state index in [0.29, 0.717) is 0 Å². The zero-order valence-electron chi connectivity index (χ0n) is 14.6. The molecule has 3 aromatic carbocycles. The first-order chi connectivity index (χ1) is 12.7. The highest BCUT2D eigenvalue weighted by atomic mass is 16.1. The number of rotatable bonds is 4. The number of benzene rings is 3. The van der Waals surface area contributed by atoms with Crippen LogP contribution < -0.4 is 0 Å². The molecule has 0 aliphatic rings. The van der Waals surface area contributed by atoms with Crippen LogP contribution in [0.25, 0.3) is 34.3 Å². The molecular formula is C24H19NO. The molecule has 0 saturated carbocycles. The lowest BCUT2D eigenvalue weighted by atomic mass is 10.0. The Kier molecular flexibility index (Phi) is 4.24. The topological polar surface area (TPSA) is 32.9 Å². The average molecular weight is 337 g/mol. The van der Waals surface area contributed by atoms with Crippen LogP contribution >= 0.6 is 0 Å². The summed E-state index contributed by atoms with van der Waals surface area (Å²) in [5.74, 6) is 0.0615. The van der Waals surface area contributed by atoms with Gasteiger partial charge in [-0.2, -0.15) is 0 Å². The molecule has 0 unspecified atom stereocenters. The second kappa shape index (κ2) is 6.85. The largest absolute Gasteiger partial charge is 0.354 e. The van der Waals surface area contributed by atoms with Crippen LogP contribution in [0.15, 0.2) is 78.9 Å². The highest BCUT2D eigenvalue weighted by Gasteiger charge is 2.11. The van der Waals surface area contributed by atoms with E-state index in [1.807, 2.05) is 42.5 Å². The van der Waals surface area contributed by atoms with Crippen LogP contribution in [0.2, 0.25) is 0 Å². The third-order valence-electron chi connectivity index (χ3n) is 4.48. The Labute approximate surface area is 152 Å². The third-order valence-corrected chi connectivity index (χ3v) is 4.48. The number of aromatic nitrogens is 1. The Morgan fingerprint density at radius 3 is 2.15 bits per heavy atom. The summed E-state index contributed by atoms with van der Waals surface area (Å²) in [6.07, 6.45) is 4.12. The molecule has 1 heterocycles. The highest BCUT2D eigenvalue weighted by Crippen LogP contribution is 2.28. The summed E-state index contributed by atoms with van der Waals surface area (Å²) in [5.41, 5.74) is 5.90. The van der Waals surface area contributed by atoms with Gasteiger partial charge in [0.15, 0.2) is 5.78 Å². The fraction of sp³-hybridized carbons (Fsp3) is 0.0417. The van der Waals surface area contributed by atoms with Gasteiger partial charge in [0.2, 0.25) is 0 Å². The second-order valence-electron chi connectivity index (χ2n) is 6.38. The van der Waals surface area contributed by atoms with Gasteiger partial charge in [0.05, 0.1) is 5.52 Å². The molecule has 0 aliphatic heterocycles. The van der Waals surface area contributed by atoms with Crippen molar-refractivity contribution in [2.24, 2.45) is 0 Å². The predicted molar refractivity (Wildman–Crippen MR) is 109 cm³/mol. The Bertz CT molecular complexity index is 1090. The molecule has 1 aromatic heterocycles. The van der Waals surface area contributed by atoms with Gasteiger partial charge in [0.1, 0.15) is 0 Å². The lowest BCUT2D eigenvalue weighted by Crippen LogP contribution is -1.94. The number of nitrogens with one attached hydrogen (secondary N) is 1. The van der Waals surface area contributed by atoms with Gasteiger partial charge in [-0.15, -0.1) is 0 Å². The molecule has 0 atom stereocenters. The molecule has 0 fully saturated rings. The first-order valence-corrected chi connectivity index (χ1v) is 8.67. The molecule has 0 aliphatic carbocycles. The van der Waals surface area contributed by atoms with Crippen molar-refractivity contribution in [3.8, 4) is 11.3 Å². The number of carbonyl (C=O) groups excluding carboxylic acids is 1. The Balaban J connectivity index is 1.81. The zero-order chi connectivity index (χ0) is 17.9. The van der Waals surface area contributed by atoms with E-state index in [0.717, 1.165) is 38.9 Å². The van der Waals surface area contributed by atoms with Gasteiger partial charge < -0.3 is 4.98 Å². The van der Waals surface area contributed by atoms with Gasteiger partial charge in [-0.25, -0.2) is 0 Å². The smallest absolute Gasteiger partial charge is 0.161 e. The maximum Gasteiger partial charge on any atom is 0.161 e. The van der Waals surface area contributed by atoms with Crippen molar-refractivity contribution in [1.82, 2.24) is 4.98 Å². The van der Waals surface area contributed by atoms with Gasteiger partial charge in [0, 0.05) is 16.6 Å². The quantitative estimate of drug-likeness (QED) is 0.348. The molecule has 0 saturated heterocycles. The standard InChI is InChI=1S/C24H19NO/c1-17(26)22-15-19(13-12-18-8-4-2-5-9-18)14-21-16-23(25-24(21)22)20-10-6-3-7-11-20/h2-16,25H,1H3/b13-12+. The fourth-order valence-electron chi connectivity index (χ4n) is 3.17. The van der Waals surface area contributed by atoms with E-state index in [4.69, 9.17) is 0 Å². The SMILES string of the molecule is CC(=O)c1cc(/C=C/c2ccccc2)cc2cc(-c3ccccc3)[nH]c12. The summed E-state index contributed by atoms with van der Waals surface area (Å²) in [6, 6.07) is 26.5. The van der Waals surface area contributed by atoms with E-state index in [-0.39, 0.29) is 5.78 Å². The van der Waals surface area contributed by atoms with E-state index in [9.17, 15) is 4.79 Å². The van der Waals surface area contributed by atoms with Crippen LogP contribution in [-0.2, 0) is 0 Å². The van der Waals surface area contributed by atoms with E-state index in [2.05, 4.69) is 53.5 Å². The molecule has 26 heavy (non-hydrogen) atoms. The minimum Gasteiger partial charge on any atom is -0.354 e. The molecule has 0 bridgehead atoms. The Morgan fingerprint density at radius 1 is 0.808 bits per heavy atom. The third kappa shape index (κ3) is 3.22. The van der Waals surface area contributed by atoms with Gasteiger partial charge in [-0.1, -0.05) is 72.8 Å². The summed E-state index contributed by atoms with van der Waals surface area (Å²) in [7, 11) is 0. The van der Waals surface area contributed by atoms with Crippen LogP contribution in [0.3, 0.4) is 0 Å². The van der Waals surface area contributed by atoms with E-state index in [1.165, 1.54) is 0 Å². The van der Waals surface area contributed by atoms with Crippen LogP contribution in [0.1, 0.15) is 28.4 Å². The molecule has 2 heteroatoms. The van der Waals surface area contributed by atoms with E-state index in [1.54, 1.807) is 6.92 Å². The molecule has 4 aromatic rings. The first kappa shape index (κ1) is 16.1. The summed E-state index contributed by atoms with van der Waals surface area (Å²) in [6.45, 7) is 1.61. The van der Waals surface area contributed by atoms with Crippen molar-refractivity contribution in [2.45, 2.75) is 6.92 Å². The van der Waals surface area contributed by atoms with Gasteiger partial charge in [-0.05, 0) is 41.8 Å². The lowest BCUT2D eigenvalue weighted by molar-refractivity contribution is 0.101. The van der Waals surface area contributed by atoms with Crippen LogP contribution in [-0.4, -0.2) is 10.8 Å². The second-order valence-corrected chi connectivity index (χ2v) is 6.38. The molecule has 0 spiro atoms. The molecule has 1 N–H and O–H groups in total. The first-order valence-electron chi connectivity index (χ1n) is 8.67. The Morgan fingerprint density at radius 2 is 1.46 bits per heavy atom. The van der Waals surface area contributed by atoms with Crippen LogP contribution in [0.4, 0.5) is 0 Å². The summed E-state index contributed by atoms with van der Waals surface area (Å²) < 4.78 is 0. The number of fused-ring (bicyclic) bond motifs is 1. The maximum atomic E-state index is 12.2. The molecule has 2 nitrogen and oxygen atoms in total. The summed E-state index contributed by atoms with van der Waals surface area (Å²) in [5, 5.41) is 1.05. The van der Waals surface area contributed by atoms with Crippen molar-refractivity contribution in [2.75, 3.05) is 0 Å². The Hall–Kier alpha value is -3.39. The summed E-state index contributed by atoms with van der Waals surface area (Å²) in [4.78, 5) is 15.6. The minimum atomic E-state index is 0.0615. The fourth-order valence-corrected chi connectivity index (χ4v) is 3.17. The number of aromatic amines is 1. The van der Waals surface area contributed by atoms with Gasteiger partial charge in [-0.3, -0.25) is 4.79 Å². The van der Waals surface area contributed by atoms with Crippen molar-refractivity contribution >= 4 is 28.8 Å². The number of hydrogen-bond donors (Lipinski definition) is 1. The van der Waals surface area contributed by atoms with Gasteiger partial charge in [0.25, 0.3) is 0 Å². The highest BCUT2D eigenvalue weighted by molar-refractivity contribution is 6.07. The van der Waals surface area contributed by atoms with E-state index >= 15 is 0 Å². The van der Waals surface area contributed by atoms with Crippen LogP contribution in [0.5, 0.6) is 0 Å². The lowest BCUT2D eigenvalue weighted by Gasteiger charge is -2.02. The maximum absolute atomic E-state index is 12.2. The molecule has 0 amide bonds. The van der Waals surface area contributed by atoms with Crippen molar-refractivity contribution in [1.29, 1.82) is 0 Å². The van der Waals surface area contributed by atoms with E-state index < -0.39 is 0 Å². The molecular weight excluding hydrogens is 318 g/mol. The van der Waals surface area contributed by atoms with Crippen LogP contribution in [0, 0.1) is 0 Å².